The second kappa shape index (κ2) is 7.99. The minimum absolute atomic E-state index is 0.223. The molecule has 130 valence electrons. The topological polar surface area (TPSA) is 69.6 Å². The normalized spacial score (nSPS) is 17.6. The van der Waals surface area contributed by atoms with Crippen LogP contribution in [-0.4, -0.2) is 35.1 Å². The van der Waals surface area contributed by atoms with Gasteiger partial charge in [0.05, 0.1) is 5.92 Å². The summed E-state index contributed by atoms with van der Waals surface area (Å²) in [5.41, 5.74) is 2.93. The SMILES string of the molecule is C=CCc1cccc(C(C)C)c1NC(=O)N1CCCC(C(=O)O)C1. The number of piperidine rings is 1. The largest absolute Gasteiger partial charge is 0.481 e. The summed E-state index contributed by atoms with van der Waals surface area (Å²) in [6, 6.07) is 5.77. The minimum atomic E-state index is -0.831. The summed E-state index contributed by atoms with van der Waals surface area (Å²) in [4.78, 5) is 25.5. The molecule has 1 saturated heterocycles. The van der Waals surface area contributed by atoms with Gasteiger partial charge >= 0.3 is 12.0 Å². The first-order valence-electron chi connectivity index (χ1n) is 8.45. The summed E-state index contributed by atoms with van der Waals surface area (Å²) < 4.78 is 0. The lowest BCUT2D eigenvalue weighted by atomic mass is 9.96. The van der Waals surface area contributed by atoms with E-state index in [0.717, 1.165) is 23.2 Å². The predicted molar refractivity (Wildman–Crippen MR) is 95.4 cm³/mol. The first-order valence-corrected chi connectivity index (χ1v) is 8.45. The van der Waals surface area contributed by atoms with Gasteiger partial charge in [0, 0.05) is 18.8 Å². The summed E-state index contributed by atoms with van der Waals surface area (Å²) in [6.45, 7) is 8.82. The molecule has 1 aromatic carbocycles. The lowest BCUT2D eigenvalue weighted by molar-refractivity contribution is -0.143. The van der Waals surface area contributed by atoms with Crippen molar-refractivity contribution in [2.75, 3.05) is 18.4 Å². The Labute approximate surface area is 143 Å². The Kier molecular flexibility index (Phi) is 6.01. The lowest BCUT2D eigenvalue weighted by Gasteiger charge is -2.31. The number of carboxylic acids is 1. The number of aliphatic carboxylic acids is 1. The number of rotatable bonds is 5. The molecule has 1 heterocycles. The summed E-state index contributed by atoms with van der Waals surface area (Å²) in [5, 5.41) is 12.2. The average Bonchev–Trinajstić information content (AvgIpc) is 2.56. The van der Waals surface area contributed by atoms with Crippen molar-refractivity contribution in [3.05, 3.63) is 42.0 Å². The van der Waals surface area contributed by atoms with Crippen LogP contribution in [0.3, 0.4) is 0 Å². The van der Waals surface area contributed by atoms with Gasteiger partial charge in [0.15, 0.2) is 0 Å². The highest BCUT2D eigenvalue weighted by Gasteiger charge is 2.28. The molecule has 5 heteroatoms. The van der Waals surface area contributed by atoms with Gasteiger partial charge in [-0.1, -0.05) is 38.1 Å². The predicted octanol–water partition coefficient (Wildman–Crippen LogP) is 3.87. The first kappa shape index (κ1) is 18.0. The molecule has 0 aromatic heterocycles. The highest BCUT2D eigenvalue weighted by Crippen LogP contribution is 2.29. The number of allylic oxidation sites excluding steroid dienone is 1. The van der Waals surface area contributed by atoms with Gasteiger partial charge in [0.1, 0.15) is 0 Å². The number of likely N-dealkylation sites (tertiary alicyclic amines) is 1. The number of para-hydroxylation sites is 1. The van der Waals surface area contributed by atoms with Gasteiger partial charge in [-0.3, -0.25) is 4.79 Å². The van der Waals surface area contributed by atoms with Crippen molar-refractivity contribution in [3.8, 4) is 0 Å². The van der Waals surface area contributed by atoms with E-state index in [4.69, 9.17) is 0 Å². The van der Waals surface area contributed by atoms with Crippen LogP contribution in [-0.2, 0) is 11.2 Å². The van der Waals surface area contributed by atoms with Crippen molar-refractivity contribution in [2.45, 2.75) is 39.0 Å². The maximum absolute atomic E-state index is 12.7. The molecule has 0 saturated carbocycles. The number of hydrogen-bond donors (Lipinski definition) is 2. The number of anilines is 1. The summed E-state index contributed by atoms with van der Waals surface area (Å²) >= 11 is 0. The zero-order valence-corrected chi connectivity index (χ0v) is 14.4. The van der Waals surface area contributed by atoms with Gasteiger partial charge in [-0.2, -0.15) is 0 Å². The standard InChI is InChI=1S/C19H26N2O3/c1-4-7-14-8-5-10-16(13(2)3)17(14)20-19(24)21-11-6-9-15(12-21)18(22)23/h4-5,8,10,13,15H,1,6-7,9,11-12H2,2-3H3,(H,20,24)(H,22,23). The molecule has 0 aliphatic carbocycles. The average molecular weight is 330 g/mol. The van der Waals surface area contributed by atoms with E-state index >= 15 is 0 Å². The number of benzene rings is 1. The molecule has 24 heavy (non-hydrogen) atoms. The Bertz CT molecular complexity index is 625. The molecule has 0 spiro atoms. The van der Waals surface area contributed by atoms with Crippen LogP contribution in [0.2, 0.25) is 0 Å². The van der Waals surface area contributed by atoms with Crippen molar-refractivity contribution in [2.24, 2.45) is 5.92 Å². The quantitative estimate of drug-likeness (QED) is 0.805. The van der Waals surface area contributed by atoms with Gasteiger partial charge in [-0.25, -0.2) is 4.79 Å². The van der Waals surface area contributed by atoms with E-state index in [9.17, 15) is 14.7 Å². The van der Waals surface area contributed by atoms with Crippen LogP contribution in [0.25, 0.3) is 0 Å². The number of urea groups is 1. The molecule has 5 nitrogen and oxygen atoms in total. The number of carboxylic acid groups (broad SMARTS) is 1. The van der Waals surface area contributed by atoms with Crippen LogP contribution in [0.1, 0.15) is 43.7 Å². The highest BCUT2D eigenvalue weighted by molar-refractivity contribution is 5.91. The Balaban J connectivity index is 2.21. The molecule has 0 radical (unpaired) electrons. The summed E-state index contributed by atoms with van der Waals surface area (Å²) in [6.07, 6.45) is 3.84. The van der Waals surface area contributed by atoms with Crippen molar-refractivity contribution >= 4 is 17.7 Å². The third kappa shape index (κ3) is 4.16. The van der Waals surface area contributed by atoms with E-state index in [1.54, 1.807) is 4.90 Å². The van der Waals surface area contributed by atoms with Crippen molar-refractivity contribution in [1.82, 2.24) is 4.90 Å². The second-order valence-electron chi connectivity index (χ2n) is 6.58. The Morgan fingerprint density at radius 2 is 2.21 bits per heavy atom. The van der Waals surface area contributed by atoms with E-state index in [0.29, 0.717) is 19.4 Å². The number of amides is 2. The third-order valence-corrected chi connectivity index (χ3v) is 4.46. The van der Waals surface area contributed by atoms with Gasteiger partial charge in [0.25, 0.3) is 0 Å². The number of carbonyl (C=O) groups excluding carboxylic acids is 1. The maximum atomic E-state index is 12.7. The van der Waals surface area contributed by atoms with E-state index in [2.05, 4.69) is 25.7 Å². The summed E-state index contributed by atoms with van der Waals surface area (Å²) in [5.74, 6) is -1.03. The molecule has 1 aliphatic heterocycles. The van der Waals surface area contributed by atoms with Crippen LogP contribution in [0.4, 0.5) is 10.5 Å². The van der Waals surface area contributed by atoms with Crippen molar-refractivity contribution in [1.29, 1.82) is 0 Å². The molecule has 2 N–H and O–H groups in total. The van der Waals surface area contributed by atoms with E-state index < -0.39 is 11.9 Å². The van der Waals surface area contributed by atoms with E-state index in [-0.39, 0.29) is 18.5 Å². The molecule has 1 fully saturated rings. The number of nitrogens with zero attached hydrogens (tertiary/aromatic N) is 1. The van der Waals surface area contributed by atoms with Crippen molar-refractivity contribution in [3.63, 3.8) is 0 Å². The number of hydrogen-bond acceptors (Lipinski definition) is 2. The fourth-order valence-electron chi connectivity index (χ4n) is 3.13. The molecule has 1 aliphatic rings. The Hall–Kier alpha value is -2.30. The Morgan fingerprint density at radius 3 is 2.83 bits per heavy atom. The van der Waals surface area contributed by atoms with E-state index in [1.165, 1.54) is 0 Å². The molecule has 1 aromatic rings. The third-order valence-electron chi connectivity index (χ3n) is 4.46. The monoisotopic (exact) mass is 330 g/mol. The van der Waals surface area contributed by atoms with Gasteiger partial charge in [-0.15, -0.1) is 6.58 Å². The number of carbonyl (C=O) groups is 2. The van der Waals surface area contributed by atoms with Crippen LogP contribution in [0, 0.1) is 5.92 Å². The van der Waals surface area contributed by atoms with Gasteiger partial charge < -0.3 is 15.3 Å². The molecule has 1 unspecified atom stereocenters. The fraction of sp³-hybridized carbons (Fsp3) is 0.474. The van der Waals surface area contributed by atoms with Crippen molar-refractivity contribution < 1.29 is 14.7 Å². The maximum Gasteiger partial charge on any atom is 0.321 e. The lowest BCUT2D eigenvalue weighted by Crippen LogP contribution is -2.44. The zero-order chi connectivity index (χ0) is 17.7. The zero-order valence-electron chi connectivity index (χ0n) is 14.4. The first-order chi connectivity index (χ1) is 11.4. The molecule has 0 bridgehead atoms. The van der Waals surface area contributed by atoms with Crippen LogP contribution in [0.15, 0.2) is 30.9 Å². The fourth-order valence-corrected chi connectivity index (χ4v) is 3.13. The minimum Gasteiger partial charge on any atom is -0.481 e. The second-order valence-corrected chi connectivity index (χ2v) is 6.58. The van der Waals surface area contributed by atoms with Gasteiger partial charge in [0.2, 0.25) is 0 Å². The molecular weight excluding hydrogens is 304 g/mol. The molecule has 2 amide bonds. The smallest absolute Gasteiger partial charge is 0.321 e. The highest BCUT2D eigenvalue weighted by atomic mass is 16.4. The summed E-state index contributed by atoms with van der Waals surface area (Å²) in [7, 11) is 0. The van der Waals surface area contributed by atoms with E-state index in [1.807, 2.05) is 24.3 Å². The number of nitrogens with one attached hydrogen (secondary N) is 1. The molecule has 1 atom stereocenters. The van der Waals surface area contributed by atoms with Crippen LogP contribution in [0.5, 0.6) is 0 Å². The van der Waals surface area contributed by atoms with Crippen LogP contribution >= 0.6 is 0 Å². The van der Waals surface area contributed by atoms with Gasteiger partial charge in [-0.05, 0) is 36.3 Å². The molecular formula is C19H26N2O3. The Morgan fingerprint density at radius 1 is 1.46 bits per heavy atom. The van der Waals surface area contributed by atoms with Crippen LogP contribution < -0.4 is 5.32 Å². The molecule has 2 rings (SSSR count).